The number of carbonyl (C=O) groups is 1. The summed E-state index contributed by atoms with van der Waals surface area (Å²) in [6.45, 7) is 3.03. The standard InChI is InChI=1S/C21H25N4O6PS/c1-13-3-4-16(33-13)20(26)25-21(27)18-15(12-22-25)11-17(31-2)23-19(18)24-8-5-14(6-9-24)7-10-32(28,29)30/h3-4,11-12,14H,5-10H2,1-2H3,(H2,28,29,30). The van der Waals surface area contributed by atoms with Crippen molar-refractivity contribution in [2.24, 2.45) is 5.92 Å². The summed E-state index contributed by atoms with van der Waals surface area (Å²) in [7, 11) is -2.53. The minimum Gasteiger partial charge on any atom is -0.481 e. The lowest BCUT2D eigenvalue weighted by Crippen LogP contribution is -2.36. The van der Waals surface area contributed by atoms with Crippen LogP contribution in [0.1, 0.15) is 33.8 Å². The predicted molar refractivity (Wildman–Crippen MR) is 126 cm³/mol. The molecule has 1 aliphatic heterocycles. The summed E-state index contributed by atoms with van der Waals surface area (Å²) in [5, 5.41) is 4.92. The number of hydrogen-bond acceptors (Lipinski definition) is 8. The molecule has 1 aliphatic rings. The van der Waals surface area contributed by atoms with Gasteiger partial charge in [-0.05, 0) is 44.2 Å². The van der Waals surface area contributed by atoms with Crippen molar-refractivity contribution >= 4 is 41.4 Å². The largest absolute Gasteiger partial charge is 0.481 e. The van der Waals surface area contributed by atoms with E-state index in [2.05, 4.69) is 10.1 Å². The topological polar surface area (TPSA) is 135 Å². The van der Waals surface area contributed by atoms with Gasteiger partial charge in [-0.15, -0.1) is 11.3 Å². The van der Waals surface area contributed by atoms with Gasteiger partial charge in [-0.25, -0.2) is 0 Å². The Hall–Kier alpha value is -2.59. The number of hydrogen-bond donors (Lipinski definition) is 2. The molecule has 0 bridgehead atoms. The third-order valence-electron chi connectivity index (χ3n) is 5.82. The maximum absolute atomic E-state index is 13.4. The third kappa shape index (κ3) is 5.16. The number of carbonyl (C=O) groups excluding carboxylic acids is 1. The number of anilines is 1. The van der Waals surface area contributed by atoms with Crippen molar-refractivity contribution in [3.8, 4) is 5.88 Å². The monoisotopic (exact) mass is 492 g/mol. The number of fused-ring (bicyclic) bond motifs is 1. The summed E-state index contributed by atoms with van der Waals surface area (Å²) >= 11 is 1.30. The van der Waals surface area contributed by atoms with Crippen molar-refractivity contribution in [3.63, 3.8) is 0 Å². The summed E-state index contributed by atoms with van der Waals surface area (Å²) in [4.78, 5) is 52.5. The van der Waals surface area contributed by atoms with Crippen LogP contribution in [0.15, 0.2) is 29.2 Å². The number of ether oxygens (including phenoxy) is 1. The molecule has 0 aromatic carbocycles. The number of thiophene rings is 1. The van der Waals surface area contributed by atoms with Gasteiger partial charge in [0, 0.05) is 29.4 Å². The molecule has 176 valence electrons. The molecule has 0 atom stereocenters. The first-order valence-corrected chi connectivity index (χ1v) is 13.2. The van der Waals surface area contributed by atoms with E-state index >= 15 is 0 Å². The zero-order valence-corrected chi connectivity index (χ0v) is 20.0. The Morgan fingerprint density at radius 3 is 2.64 bits per heavy atom. The number of pyridine rings is 1. The molecule has 4 rings (SSSR count). The van der Waals surface area contributed by atoms with Crippen molar-refractivity contribution in [3.05, 3.63) is 44.5 Å². The Labute approximate surface area is 194 Å². The molecular formula is C21H25N4O6PS. The molecular weight excluding hydrogens is 467 g/mol. The van der Waals surface area contributed by atoms with Crippen LogP contribution in [0.2, 0.25) is 0 Å². The molecule has 0 unspecified atom stereocenters. The molecule has 0 radical (unpaired) electrons. The molecule has 12 heteroatoms. The van der Waals surface area contributed by atoms with Gasteiger partial charge in [0.05, 0.1) is 29.7 Å². The van der Waals surface area contributed by atoms with Crippen LogP contribution in [0.25, 0.3) is 10.8 Å². The van der Waals surface area contributed by atoms with E-state index in [1.54, 1.807) is 12.1 Å². The Morgan fingerprint density at radius 2 is 2.03 bits per heavy atom. The van der Waals surface area contributed by atoms with E-state index in [-0.39, 0.29) is 12.1 Å². The lowest BCUT2D eigenvalue weighted by molar-refractivity contribution is 0.0944. The van der Waals surface area contributed by atoms with E-state index in [1.807, 2.05) is 17.9 Å². The van der Waals surface area contributed by atoms with E-state index in [0.29, 0.717) is 59.7 Å². The quantitative estimate of drug-likeness (QED) is 0.498. The average molecular weight is 492 g/mol. The van der Waals surface area contributed by atoms with Crippen molar-refractivity contribution in [1.82, 2.24) is 14.8 Å². The van der Waals surface area contributed by atoms with Crippen molar-refractivity contribution in [2.45, 2.75) is 26.2 Å². The second-order valence-electron chi connectivity index (χ2n) is 8.14. The molecule has 0 amide bonds. The first-order chi connectivity index (χ1) is 15.7. The summed E-state index contributed by atoms with van der Waals surface area (Å²) in [5.41, 5.74) is -0.544. The Balaban J connectivity index is 1.68. The lowest BCUT2D eigenvalue weighted by Gasteiger charge is -2.33. The zero-order chi connectivity index (χ0) is 23.8. The van der Waals surface area contributed by atoms with Crippen LogP contribution < -0.4 is 15.2 Å². The fraction of sp³-hybridized carbons (Fsp3) is 0.429. The Kier molecular flexibility index (Phi) is 6.67. The molecule has 2 N–H and O–H groups in total. The highest BCUT2D eigenvalue weighted by molar-refractivity contribution is 7.51. The van der Waals surface area contributed by atoms with Crippen molar-refractivity contribution < 1.29 is 23.9 Å². The zero-order valence-electron chi connectivity index (χ0n) is 18.3. The second kappa shape index (κ2) is 9.34. The van der Waals surface area contributed by atoms with Crippen molar-refractivity contribution in [1.29, 1.82) is 0 Å². The van der Waals surface area contributed by atoms with Gasteiger partial charge in [-0.3, -0.25) is 14.2 Å². The van der Waals surface area contributed by atoms with Crippen LogP contribution in [0.4, 0.5) is 5.82 Å². The van der Waals surface area contributed by atoms with Crippen LogP contribution in [-0.4, -0.2) is 56.8 Å². The van der Waals surface area contributed by atoms with Gasteiger partial charge in [0.2, 0.25) is 5.88 Å². The van der Waals surface area contributed by atoms with Gasteiger partial charge >= 0.3 is 7.60 Å². The minimum atomic E-state index is -4.02. The Morgan fingerprint density at radius 1 is 1.30 bits per heavy atom. The van der Waals surface area contributed by atoms with Gasteiger partial charge in [0.15, 0.2) is 0 Å². The summed E-state index contributed by atoms with van der Waals surface area (Å²) < 4.78 is 17.4. The maximum Gasteiger partial charge on any atom is 0.325 e. The fourth-order valence-electron chi connectivity index (χ4n) is 4.04. The predicted octanol–water partition coefficient (Wildman–Crippen LogP) is 2.64. The van der Waals surface area contributed by atoms with E-state index in [1.165, 1.54) is 24.6 Å². The molecule has 3 aromatic rings. The Bertz CT molecular complexity index is 1290. The first kappa shape index (κ1) is 23.6. The normalized spacial score (nSPS) is 15.2. The van der Waals surface area contributed by atoms with Gasteiger partial charge in [0.1, 0.15) is 5.82 Å². The van der Waals surface area contributed by atoms with Gasteiger partial charge < -0.3 is 19.4 Å². The highest BCUT2D eigenvalue weighted by atomic mass is 32.1. The van der Waals surface area contributed by atoms with Gasteiger partial charge in [-0.1, -0.05) is 0 Å². The van der Waals surface area contributed by atoms with Crippen molar-refractivity contribution in [2.75, 3.05) is 31.3 Å². The highest BCUT2D eigenvalue weighted by Crippen LogP contribution is 2.38. The summed E-state index contributed by atoms with van der Waals surface area (Å²) in [5.74, 6) is 0.458. The van der Waals surface area contributed by atoms with Crippen LogP contribution in [0.5, 0.6) is 5.88 Å². The second-order valence-corrected chi connectivity index (χ2v) is 11.2. The molecule has 4 heterocycles. The van der Waals surface area contributed by atoms with Crippen LogP contribution in [-0.2, 0) is 4.57 Å². The van der Waals surface area contributed by atoms with E-state index in [0.717, 1.165) is 9.56 Å². The molecule has 0 aliphatic carbocycles. The van der Waals surface area contributed by atoms with E-state index < -0.39 is 19.1 Å². The number of aromatic nitrogens is 3. The van der Waals surface area contributed by atoms with Gasteiger partial charge in [-0.2, -0.15) is 14.8 Å². The van der Waals surface area contributed by atoms with E-state index in [9.17, 15) is 14.2 Å². The average Bonchev–Trinajstić information content (AvgIpc) is 3.23. The number of nitrogens with zero attached hydrogens (tertiary/aromatic N) is 4. The number of methoxy groups -OCH3 is 1. The van der Waals surface area contributed by atoms with Crippen LogP contribution in [0.3, 0.4) is 0 Å². The van der Waals surface area contributed by atoms with Crippen LogP contribution >= 0.6 is 18.9 Å². The molecule has 1 saturated heterocycles. The number of rotatable bonds is 6. The lowest BCUT2D eigenvalue weighted by atomic mass is 9.94. The molecule has 3 aromatic heterocycles. The maximum atomic E-state index is 13.4. The molecule has 1 fully saturated rings. The van der Waals surface area contributed by atoms with Crippen LogP contribution in [0, 0.1) is 12.8 Å². The molecule has 0 spiro atoms. The smallest absolute Gasteiger partial charge is 0.325 e. The number of aryl methyl sites for hydroxylation is 1. The fourth-order valence-corrected chi connectivity index (χ4v) is 5.54. The first-order valence-electron chi connectivity index (χ1n) is 10.5. The summed E-state index contributed by atoms with van der Waals surface area (Å²) in [6, 6.07) is 5.11. The van der Waals surface area contributed by atoms with E-state index in [4.69, 9.17) is 14.5 Å². The van der Waals surface area contributed by atoms with Gasteiger partial charge in [0.25, 0.3) is 11.5 Å². The minimum absolute atomic E-state index is 0.126. The third-order valence-corrected chi connectivity index (χ3v) is 7.65. The molecule has 33 heavy (non-hydrogen) atoms. The SMILES string of the molecule is COc1cc2cnn(C(=O)c3ccc(C)s3)c(=O)c2c(N2CCC(CCP(=O)(O)O)CC2)n1. The molecule has 10 nitrogen and oxygen atoms in total. The highest BCUT2D eigenvalue weighted by Gasteiger charge is 2.26. The number of piperidine rings is 1. The summed E-state index contributed by atoms with van der Waals surface area (Å²) in [6.07, 6.45) is 3.23. The molecule has 0 saturated carbocycles.